The van der Waals surface area contributed by atoms with Gasteiger partial charge >= 0.3 is 0 Å². The third kappa shape index (κ3) is 3.30. The molecule has 1 aromatic heterocycles. The summed E-state index contributed by atoms with van der Waals surface area (Å²) in [4.78, 5) is 3.98. The normalized spacial score (nSPS) is 10.1. The molecule has 1 heterocycles. The molecule has 0 amide bonds. The standard InChI is InChI=1S/C17H15N3O/c18-17-12-13(10-11-19-17)20-15-8-4-5-9-16(15)21-14-6-2-1-3-7-14/h1-12H,(H3,18,19,20). The van der Waals surface area contributed by atoms with Gasteiger partial charge in [0.1, 0.15) is 11.6 Å². The minimum atomic E-state index is 0.474. The first-order chi connectivity index (χ1) is 10.3. The van der Waals surface area contributed by atoms with E-state index in [1.54, 1.807) is 12.3 Å². The molecule has 0 bridgehead atoms. The number of pyridine rings is 1. The lowest BCUT2D eigenvalue weighted by molar-refractivity contribution is 0.485. The molecule has 0 aliphatic carbocycles. The molecule has 3 aromatic rings. The van der Waals surface area contributed by atoms with Gasteiger partial charge in [-0.3, -0.25) is 0 Å². The quantitative estimate of drug-likeness (QED) is 0.750. The molecule has 0 radical (unpaired) electrons. The fourth-order valence-corrected chi connectivity index (χ4v) is 1.96. The highest BCUT2D eigenvalue weighted by Gasteiger charge is 2.05. The zero-order chi connectivity index (χ0) is 14.5. The molecule has 0 aliphatic rings. The van der Waals surface area contributed by atoms with E-state index in [4.69, 9.17) is 10.5 Å². The zero-order valence-electron chi connectivity index (χ0n) is 11.4. The van der Waals surface area contributed by atoms with Crippen molar-refractivity contribution in [3.8, 4) is 11.5 Å². The number of nitrogens with zero attached hydrogens (tertiary/aromatic N) is 1. The van der Waals surface area contributed by atoms with E-state index in [1.165, 1.54) is 0 Å². The summed E-state index contributed by atoms with van der Waals surface area (Å²) in [6.45, 7) is 0. The van der Waals surface area contributed by atoms with Crippen LogP contribution in [0.15, 0.2) is 72.9 Å². The van der Waals surface area contributed by atoms with Gasteiger partial charge in [-0.05, 0) is 30.3 Å². The number of benzene rings is 2. The smallest absolute Gasteiger partial charge is 0.150 e. The van der Waals surface area contributed by atoms with E-state index in [0.717, 1.165) is 22.9 Å². The van der Waals surface area contributed by atoms with E-state index in [-0.39, 0.29) is 0 Å². The van der Waals surface area contributed by atoms with Crippen LogP contribution in [0, 0.1) is 0 Å². The summed E-state index contributed by atoms with van der Waals surface area (Å²) in [6, 6.07) is 21.1. The first-order valence-electron chi connectivity index (χ1n) is 6.62. The summed E-state index contributed by atoms with van der Waals surface area (Å²) < 4.78 is 5.90. The van der Waals surface area contributed by atoms with Crippen molar-refractivity contribution in [3.05, 3.63) is 72.9 Å². The highest BCUT2D eigenvalue weighted by Crippen LogP contribution is 2.31. The summed E-state index contributed by atoms with van der Waals surface area (Å²) in [6.07, 6.45) is 1.67. The molecule has 4 heteroatoms. The Morgan fingerprint density at radius 1 is 0.905 bits per heavy atom. The van der Waals surface area contributed by atoms with Gasteiger partial charge in [0.2, 0.25) is 0 Å². The van der Waals surface area contributed by atoms with Crippen molar-refractivity contribution in [2.24, 2.45) is 0 Å². The molecule has 2 aromatic carbocycles. The molecule has 3 N–H and O–H groups in total. The molecule has 104 valence electrons. The van der Waals surface area contributed by atoms with E-state index in [0.29, 0.717) is 5.82 Å². The van der Waals surface area contributed by atoms with Crippen LogP contribution in [-0.2, 0) is 0 Å². The Morgan fingerprint density at radius 2 is 1.67 bits per heavy atom. The van der Waals surface area contributed by atoms with Crippen molar-refractivity contribution in [3.63, 3.8) is 0 Å². The lowest BCUT2D eigenvalue weighted by Crippen LogP contribution is -1.96. The average Bonchev–Trinajstić information content (AvgIpc) is 2.50. The fourth-order valence-electron chi connectivity index (χ4n) is 1.96. The molecule has 0 atom stereocenters. The van der Waals surface area contributed by atoms with E-state index in [2.05, 4.69) is 10.3 Å². The first kappa shape index (κ1) is 13.0. The van der Waals surface area contributed by atoms with Crippen molar-refractivity contribution in [1.29, 1.82) is 0 Å². The Hall–Kier alpha value is -3.01. The molecule has 4 nitrogen and oxygen atoms in total. The van der Waals surface area contributed by atoms with Gasteiger partial charge in [0, 0.05) is 18.0 Å². The largest absolute Gasteiger partial charge is 0.455 e. The number of rotatable bonds is 4. The van der Waals surface area contributed by atoms with Gasteiger partial charge in [-0.1, -0.05) is 30.3 Å². The molecule has 0 aliphatic heterocycles. The Bertz CT molecular complexity index is 729. The second kappa shape index (κ2) is 5.96. The van der Waals surface area contributed by atoms with Crippen LogP contribution >= 0.6 is 0 Å². The van der Waals surface area contributed by atoms with Crippen LogP contribution in [0.25, 0.3) is 0 Å². The van der Waals surface area contributed by atoms with Gasteiger partial charge in [0.15, 0.2) is 5.75 Å². The van der Waals surface area contributed by atoms with E-state index in [1.807, 2.05) is 60.7 Å². The molecule has 0 unspecified atom stereocenters. The van der Waals surface area contributed by atoms with Gasteiger partial charge in [-0.25, -0.2) is 4.98 Å². The van der Waals surface area contributed by atoms with Gasteiger partial charge in [-0.15, -0.1) is 0 Å². The molecular weight excluding hydrogens is 262 g/mol. The molecule has 0 fully saturated rings. The van der Waals surface area contributed by atoms with Crippen molar-refractivity contribution >= 4 is 17.2 Å². The lowest BCUT2D eigenvalue weighted by Gasteiger charge is -2.13. The molecule has 0 saturated heterocycles. The van der Waals surface area contributed by atoms with Crippen molar-refractivity contribution in [2.75, 3.05) is 11.1 Å². The van der Waals surface area contributed by atoms with Gasteiger partial charge < -0.3 is 15.8 Å². The summed E-state index contributed by atoms with van der Waals surface area (Å²) in [5, 5.41) is 3.29. The fraction of sp³-hybridized carbons (Fsp3) is 0. The summed E-state index contributed by atoms with van der Waals surface area (Å²) in [5.74, 6) is 2.02. The number of nitrogens with two attached hydrogens (primary N) is 1. The number of aromatic nitrogens is 1. The highest BCUT2D eigenvalue weighted by molar-refractivity contribution is 5.67. The summed E-state index contributed by atoms with van der Waals surface area (Å²) in [7, 11) is 0. The number of para-hydroxylation sites is 3. The maximum absolute atomic E-state index is 5.90. The third-order valence-electron chi connectivity index (χ3n) is 2.92. The van der Waals surface area contributed by atoms with E-state index in [9.17, 15) is 0 Å². The number of anilines is 3. The van der Waals surface area contributed by atoms with Crippen LogP contribution in [0.3, 0.4) is 0 Å². The number of nitrogens with one attached hydrogen (secondary N) is 1. The highest BCUT2D eigenvalue weighted by atomic mass is 16.5. The Labute approximate surface area is 123 Å². The van der Waals surface area contributed by atoms with E-state index < -0.39 is 0 Å². The van der Waals surface area contributed by atoms with Crippen LogP contribution in [0.5, 0.6) is 11.5 Å². The predicted molar refractivity (Wildman–Crippen MR) is 84.9 cm³/mol. The van der Waals surface area contributed by atoms with Crippen LogP contribution in [0.4, 0.5) is 17.2 Å². The van der Waals surface area contributed by atoms with Crippen molar-refractivity contribution in [2.45, 2.75) is 0 Å². The number of hydrogen-bond acceptors (Lipinski definition) is 4. The average molecular weight is 277 g/mol. The van der Waals surface area contributed by atoms with Gasteiger partial charge in [0.25, 0.3) is 0 Å². The van der Waals surface area contributed by atoms with Gasteiger partial charge in [-0.2, -0.15) is 0 Å². The maximum atomic E-state index is 5.90. The molecule has 21 heavy (non-hydrogen) atoms. The number of ether oxygens (including phenoxy) is 1. The maximum Gasteiger partial charge on any atom is 0.150 e. The van der Waals surface area contributed by atoms with E-state index >= 15 is 0 Å². The topological polar surface area (TPSA) is 60.2 Å². The third-order valence-corrected chi connectivity index (χ3v) is 2.92. The summed E-state index contributed by atoms with van der Waals surface area (Å²) >= 11 is 0. The minimum absolute atomic E-state index is 0.474. The molecular formula is C17H15N3O. The van der Waals surface area contributed by atoms with Gasteiger partial charge in [0.05, 0.1) is 5.69 Å². The SMILES string of the molecule is Nc1cc(Nc2ccccc2Oc2ccccc2)ccn1. The Balaban J connectivity index is 1.86. The van der Waals surface area contributed by atoms with Crippen molar-refractivity contribution in [1.82, 2.24) is 4.98 Å². The van der Waals surface area contributed by atoms with Crippen LogP contribution in [-0.4, -0.2) is 4.98 Å². The summed E-state index contributed by atoms with van der Waals surface area (Å²) in [5.41, 5.74) is 7.43. The van der Waals surface area contributed by atoms with Crippen LogP contribution < -0.4 is 15.8 Å². The van der Waals surface area contributed by atoms with Crippen molar-refractivity contribution < 1.29 is 4.74 Å². The second-order valence-electron chi connectivity index (χ2n) is 4.51. The minimum Gasteiger partial charge on any atom is -0.455 e. The monoisotopic (exact) mass is 277 g/mol. The first-order valence-corrected chi connectivity index (χ1v) is 6.62. The number of nitrogen functional groups attached to an aromatic ring is 1. The van der Waals surface area contributed by atoms with Crippen LogP contribution in [0.1, 0.15) is 0 Å². The Kier molecular flexibility index (Phi) is 3.69. The van der Waals surface area contributed by atoms with Crippen LogP contribution in [0.2, 0.25) is 0 Å². The lowest BCUT2D eigenvalue weighted by atomic mass is 10.2. The zero-order valence-corrected chi connectivity index (χ0v) is 11.4. The molecule has 3 rings (SSSR count). The second-order valence-corrected chi connectivity index (χ2v) is 4.51. The number of hydrogen-bond donors (Lipinski definition) is 2. The molecule has 0 saturated carbocycles. The predicted octanol–water partition coefficient (Wildman–Crippen LogP) is 4.20. The molecule has 0 spiro atoms. The Morgan fingerprint density at radius 3 is 2.48 bits per heavy atom.